The lowest BCUT2D eigenvalue weighted by atomic mass is 10.1. The Kier molecular flexibility index (Phi) is 7.67. The van der Waals surface area contributed by atoms with Crippen LogP contribution in [0.3, 0.4) is 0 Å². The van der Waals surface area contributed by atoms with E-state index in [9.17, 15) is 13.5 Å². The molecule has 1 aromatic carbocycles. The van der Waals surface area contributed by atoms with Crippen LogP contribution in [0.1, 0.15) is 19.5 Å². The summed E-state index contributed by atoms with van der Waals surface area (Å²) in [7, 11) is -1.78. The second-order valence-corrected chi connectivity index (χ2v) is 10.9. The van der Waals surface area contributed by atoms with Gasteiger partial charge in [0.05, 0.1) is 30.8 Å². The maximum atomic E-state index is 11.7. The minimum absolute atomic E-state index is 0.0208. The number of hydrogen-bond acceptors (Lipinski definition) is 8. The van der Waals surface area contributed by atoms with Crippen molar-refractivity contribution in [3.05, 3.63) is 60.4 Å². The van der Waals surface area contributed by atoms with E-state index in [0.29, 0.717) is 23.9 Å². The molecular formula is C26H31N3O6S. The van der Waals surface area contributed by atoms with E-state index in [4.69, 9.17) is 14.2 Å². The van der Waals surface area contributed by atoms with Crippen LogP contribution in [0.25, 0.3) is 17.0 Å². The summed E-state index contributed by atoms with van der Waals surface area (Å²) in [6, 6.07) is 12.6. The predicted octanol–water partition coefficient (Wildman–Crippen LogP) is 3.63. The summed E-state index contributed by atoms with van der Waals surface area (Å²) in [4.78, 5) is 7.42. The van der Waals surface area contributed by atoms with E-state index in [1.54, 1.807) is 19.2 Å². The van der Waals surface area contributed by atoms with Crippen LogP contribution in [0.15, 0.2) is 59.8 Å². The van der Waals surface area contributed by atoms with Gasteiger partial charge >= 0.3 is 0 Å². The summed E-state index contributed by atoms with van der Waals surface area (Å²) in [5, 5.41) is 12.9. The number of nitrogens with zero attached hydrogens (tertiary/aromatic N) is 1. The van der Waals surface area contributed by atoms with Gasteiger partial charge in [-0.05, 0) is 50.2 Å². The highest BCUT2D eigenvalue weighted by Crippen LogP contribution is 2.34. The minimum atomic E-state index is -3.40. The van der Waals surface area contributed by atoms with E-state index in [2.05, 4.69) is 15.3 Å². The maximum Gasteiger partial charge on any atom is 0.192 e. The van der Waals surface area contributed by atoms with E-state index < -0.39 is 9.84 Å². The normalized spacial score (nSPS) is 18.4. The fraction of sp³-hybridized carbons (Fsp3) is 0.346. The first kappa shape index (κ1) is 25.7. The van der Waals surface area contributed by atoms with Gasteiger partial charge in [-0.15, -0.1) is 0 Å². The molecule has 0 aliphatic carbocycles. The van der Waals surface area contributed by atoms with Crippen molar-refractivity contribution in [2.45, 2.75) is 31.0 Å². The zero-order valence-corrected chi connectivity index (χ0v) is 21.5. The molecule has 1 aliphatic rings. The molecule has 0 fully saturated rings. The van der Waals surface area contributed by atoms with Crippen molar-refractivity contribution in [3.63, 3.8) is 0 Å². The molecule has 0 unspecified atom stereocenters. The molecule has 9 nitrogen and oxygen atoms in total. The Morgan fingerprint density at radius 3 is 2.47 bits per heavy atom. The highest BCUT2D eigenvalue weighted by molar-refractivity contribution is 7.90. The molecule has 0 spiro atoms. The van der Waals surface area contributed by atoms with Crippen molar-refractivity contribution in [1.82, 2.24) is 15.3 Å². The van der Waals surface area contributed by atoms with Crippen LogP contribution in [0, 0.1) is 5.92 Å². The number of aromatic amines is 1. The third-order valence-corrected chi connectivity index (χ3v) is 6.85. The van der Waals surface area contributed by atoms with Gasteiger partial charge in [0, 0.05) is 42.6 Å². The fourth-order valence-corrected chi connectivity index (χ4v) is 4.55. The van der Waals surface area contributed by atoms with Gasteiger partial charge in [-0.25, -0.2) is 13.4 Å². The monoisotopic (exact) mass is 513 g/mol. The lowest BCUT2D eigenvalue weighted by Crippen LogP contribution is -2.26. The Morgan fingerprint density at radius 2 is 1.83 bits per heavy atom. The average Bonchev–Trinajstić information content (AvgIpc) is 3.45. The largest absolute Gasteiger partial charge is 0.488 e. The fourth-order valence-electron chi connectivity index (χ4n) is 4.00. The van der Waals surface area contributed by atoms with Crippen LogP contribution in [0.4, 0.5) is 0 Å². The van der Waals surface area contributed by atoms with Gasteiger partial charge in [0.2, 0.25) is 0 Å². The number of ether oxygens (including phenoxy) is 3. The number of H-pyrrole nitrogens is 1. The Balaban J connectivity index is 1.64. The van der Waals surface area contributed by atoms with Crippen molar-refractivity contribution >= 4 is 15.5 Å². The molecular weight excluding hydrogens is 482 g/mol. The van der Waals surface area contributed by atoms with E-state index in [0.717, 1.165) is 28.9 Å². The topological polar surface area (TPSA) is 123 Å². The molecule has 0 amide bonds. The molecule has 3 heterocycles. The standard InChI is InChI=1S/C26H31N3O6S/c1-16(15-33-3)34-21-9-18(23-6-7-24(29-23)25-11-19(14-30)17(2)28-25)10-22(12-21)35-20-5-8-26(27-13-20)36(4,31)32/h5-13,16-17,19,28-30H,14-15H2,1-4H3/t16-,17-,19-/m0/s1. The van der Waals surface area contributed by atoms with E-state index >= 15 is 0 Å². The molecule has 10 heteroatoms. The van der Waals surface area contributed by atoms with Gasteiger partial charge < -0.3 is 29.6 Å². The zero-order chi connectivity index (χ0) is 25.9. The molecule has 3 N–H and O–H groups in total. The highest BCUT2D eigenvalue weighted by atomic mass is 32.2. The van der Waals surface area contributed by atoms with Gasteiger partial charge in [0.15, 0.2) is 14.9 Å². The molecule has 0 saturated carbocycles. The summed E-state index contributed by atoms with van der Waals surface area (Å²) in [6.45, 7) is 4.46. The second kappa shape index (κ2) is 10.7. The van der Waals surface area contributed by atoms with Crippen LogP contribution < -0.4 is 14.8 Å². The van der Waals surface area contributed by atoms with Gasteiger partial charge in [0.25, 0.3) is 0 Å². The summed E-state index contributed by atoms with van der Waals surface area (Å²) in [6.07, 6.45) is 4.34. The number of pyridine rings is 1. The predicted molar refractivity (Wildman–Crippen MR) is 137 cm³/mol. The Labute approximate surface area is 211 Å². The zero-order valence-electron chi connectivity index (χ0n) is 20.7. The first-order chi connectivity index (χ1) is 17.2. The molecule has 4 rings (SSSR count). The average molecular weight is 514 g/mol. The molecule has 0 bridgehead atoms. The van der Waals surface area contributed by atoms with Crippen molar-refractivity contribution in [2.24, 2.45) is 5.92 Å². The van der Waals surface area contributed by atoms with Crippen LogP contribution in [0.2, 0.25) is 0 Å². The third kappa shape index (κ3) is 6.07. The molecule has 3 aromatic rings. The molecule has 0 saturated heterocycles. The number of methoxy groups -OCH3 is 1. The number of hydrogen-bond donors (Lipinski definition) is 3. The maximum absolute atomic E-state index is 11.7. The first-order valence-electron chi connectivity index (χ1n) is 11.6. The summed E-state index contributed by atoms with van der Waals surface area (Å²) < 4.78 is 40.6. The van der Waals surface area contributed by atoms with Crippen LogP contribution in [-0.4, -0.2) is 62.2 Å². The molecule has 192 valence electrons. The lowest BCUT2D eigenvalue weighted by molar-refractivity contribution is 0.0920. The molecule has 1 aliphatic heterocycles. The Hall–Kier alpha value is -3.34. The van der Waals surface area contributed by atoms with Gasteiger partial charge in [-0.1, -0.05) is 6.08 Å². The van der Waals surface area contributed by atoms with E-state index in [-0.39, 0.29) is 29.7 Å². The molecule has 2 aromatic heterocycles. The number of sulfone groups is 1. The van der Waals surface area contributed by atoms with Crippen LogP contribution in [-0.2, 0) is 14.6 Å². The SMILES string of the molecule is COC[C@H](C)Oc1cc(Oc2ccc(S(C)(=O)=O)nc2)cc(-c2ccc(C3=C[C@@H](CO)[C@H](C)N3)[nH]2)c1. The summed E-state index contributed by atoms with van der Waals surface area (Å²) in [5.41, 5.74) is 3.55. The lowest BCUT2D eigenvalue weighted by Gasteiger charge is -2.16. The van der Waals surface area contributed by atoms with Gasteiger partial charge in [-0.3, -0.25) is 0 Å². The van der Waals surface area contributed by atoms with Crippen molar-refractivity contribution in [1.29, 1.82) is 0 Å². The number of benzene rings is 1. The molecule has 36 heavy (non-hydrogen) atoms. The molecule has 3 atom stereocenters. The Morgan fingerprint density at radius 1 is 1.08 bits per heavy atom. The summed E-state index contributed by atoms with van der Waals surface area (Å²) >= 11 is 0. The highest BCUT2D eigenvalue weighted by Gasteiger charge is 2.24. The van der Waals surface area contributed by atoms with E-state index in [1.165, 1.54) is 12.3 Å². The second-order valence-electron chi connectivity index (χ2n) is 8.93. The number of aliphatic hydroxyl groups excluding tert-OH is 1. The van der Waals surface area contributed by atoms with Crippen molar-refractivity contribution in [3.8, 4) is 28.5 Å². The number of aliphatic hydroxyl groups is 1. The Bertz CT molecular complexity index is 1330. The first-order valence-corrected chi connectivity index (χ1v) is 13.5. The van der Waals surface area contributed by atoms with Crippen molar-refractivity contribution < 1.29 is 27.7 Å². The smallest absolute Gasteiger partial charge is 0.192 e. The van der Waals surface area contributed by atoms with E-state index in [1.807, 2.05) is 44.2 Å². The molecule has 0 radical (unpaired) electrons. The van der Waals surface area contributed by atoms with Crippen LogP contribution >= 0.6 is 0 Å². The van der Waals surface area contributed by atoms with Gasteiger partial charge in [-0.2, -0.15) is 0 Å². The number of aromatic nitrogens is 2. The minimum Gasteiger partial charge on any atom is -0.488 e. The third-order valence-electron chi connectivity index (χ3n) is 5.85. The number of nitrogens with one attached hydrogen (secondary N) is 2. The van der Waals surface area contributed by atoms with Crippen molar-refractivity contribution in [2.75, 3.05) is 26.6 Å². The quantitative estimate of drug-likeness (QED) is 0.376. The van der Waals surface area contributed by atoms with Crippen LogP contribution in [0.5, 0.6) is 17.2 Å². The number of rotatable bonds is 10. The summed E-state index contributed by atoms with van der Waals surface area (Å²) in [5.74, 6) is 1.56. The van der Waals surface area contributed by atoms with Gasteiger partial charge in [0.1, 0.15) is 23.4 Å².